The van der Waals surface area contributed by atoms with Gasteiger partial charge < -0.3 is 20.1 Å². The molecule has 0 aliphatic carbocycles. The molecule has 0 radical (unpaired) electrons. The molecule has 1 unspecified atom stereocenters. The minimum atomic E-state index is 0.181. The monoisotopic (exact) mass is 411 g/mol. The smallest absolute Gasteiger partial charge is 0.218 e. The summed E-state index contributed by atoms with van der Waals surface area (Å²) in [6.07, 6.45) is 3.09. The molecule has 0 amide bonds. The largest absolute Gasteiger partial charge is 0.493 e. The van der Waals surface area contributed by atoms with Crippen LogP contribution in [0, 0.1) is 0 Å². The predicted octanol–water partition coefficient (Wildman–Crippen LogP) is 6.10. The third-order valence-electron chi connectivity index (χ3n) is 5.32. The normalized spacial score (nSPS) is 17.4. The molecule has 0 aromatic heterocycles. The Bertz CT molecular complexity index is 1150. The highest BCUT2D eigenvalue weighted by Crippen LogP contribution is 2.34. The van der Waals surface area contributed by atoms with Crippen molar-refractivity contribution in [3.63, 3.8) is 0 Å². The van der Waals surface area contributed by atoms with Gasteiger partial charge in [-0.1, -0.05) is 36.4 Å². The Kier molecular flexibility index (Phi) is 5.31. The average Bonchev–Trinajstić information content (AvgIpc) is 3.48. The molecule has 5 nitrogen and oxygen atoms in total. The van der Waals surface area contributed by atoms with Crippen molar-refractivity contribution in [2.45, 2.75) is 19.4 Å². The summed E-state index contributed by atoms with van der Waals surface area (Å²) in [7, 11) is 0. The molecule has 3 aromatic rings. The van der Waals surface area contributed by atoms with Gasteiger partial charge in [0.1, 0.15) is 12.4 Å². The average molecular weight is 412 g/mol. The van der Waals surface area contributed by atoms with Crippen molar-refractivity contribution in [3.8, 4) is 0 Å². The molecule has 5 rings (SSSR count). The van der Waals surface area contributed by atoms with E-state index in [0.29, 0.717) is 12.5 Å². The maximum atomic E-state index is 5.80. The Morgan fingerprint density at radius 2 is 1.32 bits per heavy atom. The number of nitrogens with one attached hydrogen (secondary N) is 2. The Hall–Kier alpha value is -3.73. The summed E-state index contributed by atoms with van der Waals surface area (Å²) >= 11 is 0. The first-order chi connectivity index (χ1) is 15.3. The molecule has 0 saturated carbocycles. The van der Waals surface area contributed by atoms with Crippen LogP contribution < -0.4 is 10.6 Å². The highest BCUT2D eigenvalue weighted by molar-refractivity contribution is 6.01. The molecule has 0 bridgehead atoms. The summed E-state index contributed by atoms with van der Waals surface area (Å²) in [4.78, 5) is 4.63. The zero-order chi connectivity index (χ0) is 21.0. The quantitative estimate of drug-likeness (QED) is 0.515. The first-order valence-corrected chi connectivity index (χ1v) is 10.6. The fraction of sp³-hybridized carbons (Fsp3) is 0.192. The number of hydrogen-bond acceptors (Lipinski definition) is 5. The van der Waals surface area contributed by atoms with Crippen molar-refractivity contribution >= 4 is 34.4 Å². The van der Waals surface area contributed by atoms with Crippen LogP contribution in [0.15, 0.2) is 83.9 Å². The third kappa shape index (κ3) is 4.12. The van der Waals surface area contributed by atoms with Gasteiger partial charge in [0, 0.05) is 17.7 Å². The molecule has 1 atom stereocenters. The van der Waals surface area contributed by atoms with E-state index in [1.165, 1.54) is 0 Å². The predicted molar refractivity (Wildman–Crippen MR) is 126 cm³/mol. The van der Waals surface area contributed by atoms with Crippen LogP contribution in [0.4, 0.5) is 22.7 Å². The number of ether oxygens (including phenoxy) is 2. The molecule has 0 saturated heterocycles. The van der Waals surface area contributed by atoms with E-state index < -0.39 is 0 Å². The summed E-state index contributed by atoms with van der Waals surface area (Å²) in [6, 6.07) is 24.7. The van der Waals surface area contributed by atoms with Gasteiger partial charge in [-0.3, -0.25) is 0 Å². The number of nitrogens with zero attached hydrogens (tertiary/aromatic N) is 1. The van der Waals surface area contributed by atoms with Crippen LogP contribution in [0.1, 0.15) is 24.5 Å². The number of para-hydroxylation sites is 4. The van der Waals surface area contributed by atoms with Crippen molar-refractivity contribution in [2.75, 3.05) is 23.8 Å². The second kappa shape index (κ2) is 8.56. The Balaban J connectivity index is 1.46. The van der Waals surface area contributed by atoms with E-state index in [9.17, 15) is 0 Å². The van der Waals surface area contributed by atoms with E-state index in [0.717, 1.165) is 52.7 Å². The summed E-state index contributed by atoms with van der Waals surface area (Å²) in [6.45, 7) is 3.42. The second-order valence-electron chi connectivity index (χ2n) is 7.69. The maximum Gasteiger partial charge on any atom is 0.218 e. The van der Waals surface area contributed by atoms with Gasteiger partial charge >= 0.3 is 0 Å². The Morgan fingerprint density at radius 1 is 0.742 bits per heavy atom. The van der Waals surface area contributed by atoms with Crippen LogP contribution in [-0.2, 0) is 9.47 Å². The summed E-state index contributed by atoms with van der Waals surface area (Å²) in [5.41, 5.74) is 5.95. The molecule has 2 aliphatic heterocycles. The van der Waals surface area contributed by atoms with Gasteiger partial charge in [-0.15, -0.1) is 0 Å². The zero-order valence-corrected chi connectivity index (χ0v) is 17.5. The fourth-order valence-corrected chi connectivity index (χ4v) is 3.80. The van der Waals surface area contributed by atoms with Crippen LogP contribution in [0.5, 0.6) is 0 Å². The topological polar surface area (TPSA) is 54.9 Å². The van der Waals surface area contributed by atoms with Gasteiger partial charge in [0.15, 0.2) is 0 Å². The van der Waals surface area contributed by atoms with Gasteiger partial charge in [0.25, 0.3) is 0 Å². The lowest BCUT2D eigenvalue weighted by molar-refractivity contribution is 0.308. The number of rotatable bonds is 6. The number of aliphatic imine (C=N–C) groups is 1. The van der Waals surface area contributed by atoms with Gasteiger partial charge in [-0.2, -0.15) is 0 Å². The van der Waals surface area contributed by atoms with Gasteiger partial charge in [-0.05, 0) is 49.4 Å². The highest BCUT2D eigenvalue weighted by Gasteiger charge is 2.19. The SMILES string of the molecule is CC1COC(c2ccccc2Nc2ccccc2Nc2ccccc2C2=CCCO2)=N1. The molecular weight excluding hydrogens is 386 g/mol. The lowest BCUT2D eigenvalue weighted by Gasteiger charge is -2.18. The maximum absolute atomic E-state index is 5.80. The highest BCUT2D eigenvalue weighted by atomic mass is 16.5. The van der Waals surface area contributed by atoms with Gasteiger partial charge in [0.05, 0.1) is 35.3 Å². The molecule has 3 aromatic carbocycles. The summed E-state index contributed by atoms with van der Waals surface area (Å²) in [5, 5.41) is 7.16. The molecule has 2 aliphatic rings. The molecule has 5 heteroatoms. The Morgan fingerprint density at radius 3 is 1.90 bits per heavy atom. The van der Waals surface area contributed by atoms with Crippen molar-refractivity contribution in [1.29, 1.82) is 0 Å². The zero-order valence-electron chi connectivity index (χ0n) is 17.5. The molecule has 156 valence electrons. The van der Waals surface area contributed by atoms with Gasteiger partial charge in [0.2, 0.25) is 5.90 Å². The number of benzene rings is 3. The lowest BCUT2D eigenvalue weighted by Crippen LogP contribution is -2.06. The van der Waals surface area contributed by atoms with E-state index in [4.69, 9.17) is 9.47 Å². The Labute approximate surface area is 182 Å². The molecule has 2 heterocycles. The van der Waals surface area contributed by atoms with Crippen LogP contribution in [0.25, 0.3) is 5.76 Å². The molecule has 0 fully saturated rings. The van der Waals surface area contributed by atoms with Crippen molar-refractivity contribution in [1.82, 2.24) is 0 Å². The molecule has 0 spiro atoms. The third-order valence-corrected chi connectivity index (χ3v) is 5.32. The fourth-order valence-electron chi connectivity index (χ4n) is 3.80. The molecular formula is C26H25N3O2. The first-order valence-electron chi connectivity index (χ1n) is 10.6. The van der Waals surface area contributed by atoms with Crippen LogP contribution >= 0.6 is 0 Å². The lowest BCUT2D eigenvalue weighted by atomic mass is 10.1. The minimum absolute atomic E-state index is 0.181. The van der Waals surface area contributed by atoms with Crippen LogP contribution in [0.2, 0.25) is 0 Å². The van der Waals surface area contributed by atoms with Crippen molar-refractivity contribution in [3.05, 3.63) is 90.0 Å². The van der Waals surface area contributed by atoms with E-state index in [-0.39, 0.29) is 6.04 Å². The second-order valence-corrected chi connectivity index (χ2v) is 7.69. The first kappa shape index (κ1) is 19.2. The number of anilines is 4. The standard InChI is InChI=1S/C26H25N3O2/c1-18-17-31-26(27-18)20-10-3-5-12-22(20)29-24-14-7-6-13-23(24)28-21-11-4-2-9-19(21)25-15-8-16-30-25/h2-7,9-15,18,28-29H,8,16-17H2,1H3. The van der Waals surface area contributed by atoms with Crippen molar-refractivity contribution in [2.24, 2.45) is 4.99 Å². The van der Waals surface area contributed by atoms with E-state index in [1.807, 2.05) is 48.5 Å². The van der Waals surface area contributed by atoms with Crippen molar-refractivity contribution < 1.29 is 9.47 Å². The van der Waals surface area contributed by atoms with Crippen LogP contribution in [-0.4, -0.2) is 25.2 Å². The summed E-state index contributed by atoms with van der Waals surface area (Å²) in [5.74, 6) is 1.63. The molecule has 31 heavy (non-hydrogen) atoms. The van der Waals surface area contributed by atoms with E-state index in [1.54, 1.807) is 0 Å². The number of hydrogen-bond donors (Lipinski definition) is 2. The van der Waals surface area contributed by atoms with Crippen LogP contribution in [0.3, 0.4) is 0 Å². The van der Waals surface area contributed by atoms with E-state index >= 15 is 0 Å². The summed E-state index contributed by atoms with van der Waals surface area (Å²) < 4.78 is 11.6. The minimum Gasteiger partial charge on any atom is -0.493 e. The van der Waals surface area contributed by atoms with Gasteiger partial charge in [-0.25, -0.2) is 4.99 Å². The molecule has 2 N–H and O–H groups in total. The van der Waals surface area contributed by atoms with E-state index in [2.05, 4.69) is 52.9 Å².